The fourth-order valence-electron chi connectivity index (χ4n) is 1.96. The van der Waals surface area contributed by atoms with Gasteiger partial charge in [0.2, 0.25) is 0 Å². The van der Waals surface area contributed by atoms with E-state index in [1.54, 1.807) is 6.07 Å². The number of benzene rings is 1. The number of nitrogens with one attached hydrogen (secondary N) is 1. The van der Waals surface area contributed by atoms with Crippen LogP contribution in [0.3, 0.4) is 0 Å². The highest BCUT2D eigenvalue weighted by Crippen LogP contribution is 2.25. The molecule has 0 saturated heterocycles. The fourth-order valence-corrected chi connectivity index (χ4v) is 1.96. The van der Waals surface area contributed by atoms with E-state index in [0.717, 1.165) is 0 Å². The smallest absolute Gasteiger partial charge is 0.337 e. The molecular formula is C15H17FN2O4. The molecule has 0 aliphatic heterocycles. The lowest BCUT2D eigenvalue weighted by Crippen LogP contribution is -2.41. The number of aliphatic hydroxyl groups is 1. The van der Waals surface area contributed by atoms with Crippen molar-refractivity contribution in [3.05, 3.63) is 35.8 Å². The minimum atomic E-state index is -1.94. The molecule has 1 heterocycles. The summed E-state index contributed by atoms with van der Waals surface area (Å²) in [6.45, 7) is 1.21. The number of hydrogen-bond acceptors (Lipinski definition) is 5. The molecule has 0 aliphatic carbocycles. The number of anilines is 1. The van der Waals surface area contributed by atoms with Gasteiger partial charge in [-0.2, -0.15) is 0 Å². The SMILES string of the molecule is COCc1cc(NCC(C)(O)C(=O)O)c2cc(F)ccc2n1. The molecule has 0 bridgehead atoms. The van der Waals surface area contributed by atoms with Gasteiger partial charge in [0.1, 0.15) is 5.82 Å². The zero-order valence-electron chi connectivity index (χ0n) is 12.3. The summed E-state index contributed by atoms with van der Waals surface area (Å²) in [5.41, 5.74) is -0.296. The van der Waals surface area contributed by atoms with E-state index in [0.29, 0.717) is 22.3 Å². The Morgan fingerprint density at radius 3 is 2.82 bits per heavy atom. The second-order valence-electron chi connectivity index (χ2n) is 5.19. The van der Waals surface area contributed by atoms with Crippen LogP contribution in [0.15, 0.2) is 24.3 Å². The monoisotopic (exact) mass is 308 g/mol. The number of fused-ring (bicyclic) bond motifs is 1. The van der Waals surface area contributed by atoms with Crippen molar-refractivity contribution in [2.45, 2.75) is 19.1 Å². The van der Waals surface area contributed by atoms with Crippen LogP contribution in [-0.4, -0.2) is 40.4 Å². The second-order valence-corrected chi connectivity index (χ2v) is 5.19. The molecule has 1 aromatic carbocycles. The summed E-state index contributed by atoms with van der Waals surface area (Å²) in [6.07, 6.45) is 0. The van der Waals surface area contributed by atoms with E-state index >= 15 is 0 Å². The van der Waals surface area contributed by atoms with Crippen molar-refractivity contribution in [1.82, 2.24) is 4.98 Å². The van der Waals surface area contributed by atoms with Crippen molar-refractivity contribution < 1.29 is 24.1 Å². The maximum atomic E-state index is 13.4. The number of pyridine rings is 1. The summed E-state index contributed by atoms with van der Waals surface area (Å²) < 4.78 is 18.5. The number of rotatable bonds is 6. The summed E-state index contributed by atoms with van der Waals surface area (Å²) in [4.78, 5) is 15.3. The van der Waals surface area contributed by atoms with Crippen LogP contribution in [0.1, 0.15) is 12.6 Å². The van der Waals surface area contributed by atoms with Gasteiger partial charge in [0.25, 0.3) is 0 Å². The zero-order valence-corrected chi connectivity index (χ0v) is 12.3. The Morgan fingerprint density at radius 2 is 2.18 bits per heavy atom. The summed E-state index contributed by atoms with van der Waals surface area (Å²) in [5, 5.41) is 22.1. The Kier molecular flexibility index (Phi) is 4.58. The van der Waals surface area contributed by atoms with Crippen LogP contribution in [0, 0.1) is 5.82 Å². The maximum absolute atomic E-state index is 13.4. The molecule has 1 unspecified atom stereocenters. The van der Waals surface area contributed by atoms with Gasteiger partial charge in [-0.3, -0.25) is 4.98 Å². The van der Waals surface area contributed by atoms with Crippen LogP contribution in [-0.2, 0) is 16.1 Å². The van der Waals surface area contributed by atoms with Crippen molar-refractivity contribution in [3.8, 4) is 0 Å². The molecule has 22 heavy (non-hydrogen) atoms. The average molecular weight is 308 g/mol. The minimum Gasteiger partial charge on any atom is -0.479 e. The molecule has 0 saturated carbocycles. The van der Waals surface area contributed by atoms with Gasteiger partial charge in [-0.25, -0.2) is 9.18 Å². The average Bonchev–Trinajstić information content (AvgIpc) is 2.45. The topological polar surface area (TPSA) is 91.7 Å². The first kappa shape index (κ1) is 16.1. The second kappa shape index (κ2) is 6.25. The largest absolute Gasteiger partial charge is 0.479 e. The van der Waals surface area contributed by atoms with E-state index in [1.165, 1.54) is 32.2 Å². The van der Waals surface area contributed by atoms with Crippen molar-refractivity contribution in [1.29, 1.82) is 0 Å². The zero-order chi connectivity index (χ0) is 16.3. The standard InChI is InChI=1S/C15H17FN2O4/c1-15(21,14(19)20)8-17-13-6-10(7-22-2)18-12-4-3-9(16)5-11(12)13/h3-6,21H,7-8H2,1-2H3,(H,17,18)(H,19,20). The van der Waals surface area contributed by atoms with Gasteiger partial charge >= 0.3 is 5.97 Å². The molecule has 2 aromatic rings. The molecule has 3 N–H and O–H groups in total. The fraction of sp³-hybridized carbons (Fsp3) is 0.333. The quantitative estimate of drug-likeness (QED) is 0.753. The Hall–Kier alpha value is -2.25. The molecule has 1 atom stereocenters. The number of halogens is 1. The third-order valence-electron chi connectivity index (χ3n) is 3.20. The predicted octanol–water partition coefficient (Wildman–Crippen LogP) is 1.77. The van der Waals surface area contributed by atoms with Gasteiger partial charge in [0, 0.05) is 18.2 Å². The number of carbonyl (C=O) groups is 1. The number of ether oxygens (including phenoxy) is 1. The number of carboxylic acid groups (broad SMARTS) is 1. The molecule has 1 aromatic heterocycles. The molecule has 7 heteroatoms. The number of nitrogens with zero attached hydrogens (tertiary/aromatic N) is 1. The number of carboxylic acids is 1. The first-order valence-electron chi connectivity index (χ1n) is 6.61. The van der Waals surface area contributed by atoms with Crippen LogP contribution in [0.2, 0.25) is 0 Å². The predicted molar refractivity (Wildman–Crippen MR) is 79.2 cm³/mol. The highest BCUT2D eigenvalue weighted by Gasteiger charge is 2.29. The van der Waals surface area contributed by atoms with E-state index in [-0.39, 0.29) is 13.2 Å². The van der Waals surface area contributed by atoms with E-state index in [1.807, 2.05) is 0 Å². The van der Waals surface area contributed by atoms with Crippen molar-refractivity contribution in [3.63, 3.8) is 0 Å². The molecule has 0 radical (unpaired) electrons. The Labute approximate surface area is 126 Å². The van der Waals surface area contributed by atoms with Gasteiger partial charge in [-0.15, -0.1) is 0 Å². The number of methoxy groups -OCH3 is 1. The van der Waals surface area contributed by atoms with Crippen molar-refractivity contribution in [2.75, 3.05) is 19.0 Å². The van der Waals surface area contributed by atoms with E-state index < -0.39 is 17.4 Å². The Balaban J connectivity index is 2.41. The molecule has 2 rings (SSSR count). The molecule has 6 nitrogen and oxygen atoms in total. The highest BCUT2D eigenvalue weighted by molar-refractivity contribution is 5.91. The molecule has 0 spiro atoms. The van der Waals surface area contributed by atoms with Crippen LogP contribution >= 0.6 is 0 Å². The van der Waals surface area contributed by atoms with Crippen LogP contribution in [0.5, 0.6) is 0 Å². The molecule has 0 amide bonds. The summed E-state index contributed by atoms with van der Waals surface area (Å²) in [5.74, 6) is -1.77. The summed E-state index contributed by atoms with van der Waals surface area (Å²) in [6, 6.07) is 5.77. The molecule has 118 valence electrons. The van der Waals surface area contributed by atoms with Gasteiger partial charge in [0.15, 0.2) is 5.60 Å². The Bertz CT molecular complexity index is 703. The van der Waals surface area contributed by atoms with E-state index in [9.17, 15) is 14.3 Å². The lowest BCUT2D eigenvalue weighted by atomic mass is 10.1. The van der Waals surface area contributed by atoms with Gasteiger partial charge < -0.3 is 20.3 Å². The van der Waals surface area contributed by atoms with Gasteiger partial charge in [-0.05, 0) is 31.2 Å². The number of aliphatic carboxylic acids is 1. The number of hydrogen-bond donors (Lipinski definition) is 3. The van der Waals surface area contributed by atoms with E-state index in [4.69, 9.17) is 9.84 Å². The first-order chi connectivity index (χ1) is 10.3. The highest BCUT2D eigenvalue weighted by atomic mass is 19.1. The molecular weight excluding hydrogens is 291 g/mol. The van der Waals surface area contributed by atoms with Crippen molar-refractivity contribution >= 4 is 22.6 Å². The Morgan fingerprint density at radius 1 is 1.45 bits per heavy atom. The van der Waals surface area contributed by atoms with Crippen LogP contribution < -0.4 is 5.32 Å². The third kappa shape index (κ3) is 3.49. The first-order valence-corrected chi connectivity index (χ1v) is 6.61. The van der Waals surface area contributed by atoms with E-state index in [2.05, 4.69) is 10.3 Å². The minimum absolute atomic E-state index is 0.232. The van der Waals surface area contributed by atoms with Gasteiger partial charge in [0.05, 0.1) is 24.4 Å². The van der Waals surface area contributed by atoms with Gasteiger partial charge in [-0.1, -0.05) is 0 Å². The molecule has 0 fully saturated rings. The van der Waals surface area contributed by atoms with Crippen molar-refractivity contribution in [2.24, 2.45) is 0 Å². The summed E-state index contributed by atoms with van der Waals surface area (Å²) in [7, 11) is 1.53. The summed E-state index contributed by atoms with van der Waals surface area (Å²) >= 11 is 0. The lowest BCUT2D eigenvalue weighted by molar-refractivity contribution is -0.155. The molecule has 0 aliphatic rings. The third-order valence-corrected chi connectivity index (χ3v) is 3.20. The lowest BCUT2D eigenvalue weighted by Gasteiger charge is -2.20. The van der Waals surface area contributed by atoms with Crippen LogP contribution in [0.25, 0.3) is 10.9 Å². The maximum Gasteiger partial charge on any atom is 0.337 e. The normalized spacial score (nSPS) is 13.8. The van der Waals surface area contributed by atoms with Crippen LogP contribution in [0.4, 0.5) is 10.1 Å². The number of aromatic nitrogens is 1.